The third kappa shape index (κ3) is 1.33. The molecule has 0 bridgehead atoms. The Hall–Kier alpha value is -1.90. The number of hydrogen-bond acceptors (Lipinski definition) is 3. The highest BCUT2D eigenvalue weighted by atomic mass is 16.5. The molecule has 0 aliphatic carbocycles. The minimum Gasteiger partial charge on any atom is -0.465 e. The average molecular weight is 186 g/mol. The van der Waals surface area contributed by atoms with Gasteiger partial charge in [-0.1, -0.05) is 6.07 Å². The minimum atomic E-state index is -0.350. The van der Waals surface area contributed by atoms with Crippen LogP contribution in [0.4, 0.5) is 0 Å². The third-order valence-electron chi connectivity index (χ3n) is 1.99. The molecular formula is C11H8NO2. The van der Waals surface area contributed by atoms with Gasteiger partial charge in [0, 0.05) is 11.6 Å². The van der Waals surface area contributed by atoms with Crippen molar-refractivity contribution in [2.45, 2.75) is 0 Å². The number of pyridine rings is 1. The summed E-state index contributed by atoms with van der Waals surface area (Å²) in [6.07, 6.45) is 1.59. The van der Waals surface area contributed by atoms with E-state index in [-0.39, 0.29) is 5.97 Å². The maximum absolute atomic E-state index is 11.4. The third-order valence-corrected chi connectivity index (χ3v) is 1.99. The van der Waals surface area contributed by atoms with Crippen molar-refractivity contribution in [2.24, 2.45) is 0 Å². The smallest absolute Gasteiger partial charge is 0.338 e. The first-order valence-electron chi connectivity index (χ1n) is 4.16. The van der Waals surface area contributed by atoms with Crippen molar-refractivity contribution in [2.75, 3.05) is 7.11 Å². The molecule has 0 aliphatic heterocycles. The Balaban J connectivity index is 2.71. The lowest BCUT2D eigenvalue weighted by atomic mass is 10.1. The molecule has 0 atom stereocenters. The second-order valence-corrected chi connectivity index (χ2v) is 2.79. The molecule has 0 saturated heterocycles. The molecule has 0 fully saturated rings. The van der Waals surface area contributed by atoms with Gasteiger partial charge in [0.1, 0.15) is 0 Å². The van der Waals surface area contributed by atoms with Crippen LogP contribution in [0, 0.1) is 6.07 Å². The summed E-state index contributed by atoms with van der Waals surface area (Å²) >= 11 is 0. The molecule has 0 unspecified atom stereocenters. The van der Waals surface area contributed by atoms with Gasteiger partial charge in [-0.25, -0.2) is 4.79 Å². The fourth-order valence-corrected chi connectivity index (χ4v) is 1.32. The molecule has 69 valence electrons. The van der Waals surface area contributed by atoms with E-state index in [4.69, 9.17) is 0 Å². The molecule has 0 spiro atoms. The quantitative estimate of drug-likeness (QED) is 0.638. The molecule has 1 heterocycles. The summed E-state index contributed by atoms with van der Waals surface area (Å²) in [5.41, 5.74) is 1.29. The zero-order valence-corrected chi connectivity index (χ0v) is 7.65. The van der Waals surface area contributed by atoms with Crippen LogP contribution in [0.25, 0.3) is 10.9 Å². The van der Waals surface area contributed by atoms with Crippen LogP contribution in [-0.2, 0) is 4.74 Å². The van der Waals surface area contributed by atoms with E-state index in [9.17, 15) is 4.79 Å². The van der Waals surface area contributed by atoms with Gasteiger partial charge in [0.25, 0.3) is 0 Å². The van der Waals surface area contributed by atoms with Gasteiger partial charge in [0.2, 0.25) is 0 Å². The first kappa shape index (κ1) is 8.69. The van der Waals surface area contributed by atoms with Crippen molar-refractivity contribution in [3.8, 4) is 0 Å². The van der Waals surface area contributed by atoms with E-state index in [0.717, 1.165) is 10.9 Å². The van der Waals surface area contributed by atoms with Crippen molar-refractivity contribution in [3.63, 3.8) is 0 Å². The van der Waals surface area contributed by atoms with E-state index in [1.807, 2.05) is 6.07 Å². The van der Waals surface area contributed by atoms with E-state index in [0.29, 0.717) is 5.56 Å². The summed E-state index contributed by atoms with van der Waals surface area (Å²) in [6.45, 7) is 0. The Morgan fingerprint density at radius 2 is 2.36 bits per heavy atom. The summed E-state index contributed by atoms with van der Waals surface area (Å²) in [5.74, 6) is -0.350. The minimum absolute atomic E-state index is 0.350. The normalized spacial score (nSPS) is 10.1. The highest BCUT2D eigenvalue weighted by Crippen LogP contribution is 2.16. The fraction of sp³-hybridized carbons (Fsp3) is 0.0909. The lowest BCUT2D eigenvalue weighted by Crippen LogP contribution is -2.02. The summed E-state index contributed by atoms with van der Waals surface area (Å²) in [4.78, 5) is 15.5. The molecule has 0 aliphatic rings. The van der Waals surface area contributed by atoms with Gasteiger partial charge in [-0.05, 0) is 24.3 Å². The molecule has 0 N–H and O–H groups in total. The highest BCUT2D eigenvalue weighted by Gasteiger charge is 2.09. The van der Waals surface area contributed by atoms with Crippen LogP contribution >= 0.6 is 0 Å². The molecule has 1 aromatic heterocycles. The summed E-state index contributed by atoms with van der Waals surface area (Å²) in [6, 6.07) is 9.85. The van der Waals surface area contributed by atoms with E-state index in [1.54, 1.807) is 24.4 Å². The van der Waals surface area contributed by atoms with Gasteiger partial charge < -0.3 is 4.74 Å². The van der Waals surface area contributed by atoms with Gasteiger partial charge in [0.15, 0.2) is 0 Å². The fourth-order valence-electron chi connectivity index (χ4n) is 1.32. The van der Waals surface area contributed by atoms with Crippen LogP contribution in [0.15, 0.2) is 30.5 Å². The number of hydrogen-bond donors (Lipinski definition) is 0. The topological polar surface area (TPSA) is 39.2 Å². The lowest BCUT2D eigenvalue weighted by molar-refractivity contribution is 0.0603. The summed E-state index contributed by atoms with van der Waals surface area (Å²) in [7, 11) is 1.36. The molecule has 0 amide bonds. The number of aromatic nitrogens is 1. The predicted octanol–water partition coefficient (Wildman–Crippen LogP) is 1.82. The zero-order chi connectivity index (χ0) is 9.97. The average Bonchev–Trinajstić information content (AvgIpc) is 2.27. The van der Waals surface area contributed by atoms with Gasteiger partial charge in [-0.3, -0.25) is 4.98 Å². The van der Waals surface area contributed by atoms with Crippen LogP contribution in [0.1, 0.15) is 10.4 Å². The van der Waals surface area contributed by atoms with Gasteiger partial charge in [0.05, 0.1) is 18.2 Å². The Labute approximate surface area is 81.3 Å². The van der Waals surface area contributed by atoms with E-state index in [1.165, 1.54) is 7.11 Å². The van der Waals surface area contributed by atoms with Crippen molar-refractivity contribution < 1.29 is 9.53 Å². The Bertz CT molecular complexity index is 474. The van der Waals surface area contributed by atoms with Crippen LogP contribution in [0.2, 0.25) is 0 Å². The second-order valence-electron chi connectivity index (χ2n) is 2.79. The number of methoxy groups -OCH3 is 1. The zero-order valence-electron chi connectivity index (χ0n) is 7.65. The predicted molar refractivity (Wildman–Crippen MR) is 51.9 cm³/mol. The summed E-state index contributed by atoms with van der Waals surface area (Å²) in [5, 5.41) is 0.766. The Morgan fingerprint density at radius 3 is 3.14 bits per heavy atom. The maximum atomic E-state index is 11.4. The van der Waals surface area contributed by atoms with Gasteiger partial charge >= 0.3 is 5.97 Å². The number of esters is 1. The second kappa shape index (κ2) is 3.46. The monoisotopic (exact) mass is 186 g/mol. The first-order valence-corrected chi connectivity index (χ1v) is 4.16. The Kier molecular flexibility index (Phi) is 2.14. The SMILES string of the molecule is COC(=O)c1ccnc2cc[c]cc12. The van der Waals surface area contributed by atoms with Crippen LogP contribution in [-0.4, -0.2) is 18.1 Å². The summed E-state index contributed by atoms with van der Waals surface area (Å²) < 4.78 is 4.66. The van der Waals surface area contributed by atoms with Gasteiger partial charge in [-0.15, -0.1) is 0 Å². The number of carbonyl (C=O) groups is 1. The number of ether oxygens (including phenoxy) is 1. The highest BCUT2D eigenvalue weighted by molar-refractivity contribution is 6.03. The number of rotatable bonds is 1. The lowest BCUT2D eigenvalue weighted by Gasteiger charge is -2.02. The van der Waals surface area contributed by atoms with E-state index >= 15 is 0 Å². The number of carbonyl (C=O) groups excluding carboxylic acids is 1. The molecule has 3 heteroatoms. The van der Waals surface area contributed by atoms with Gasteiger partial charge in [-0.2, -0.15) is 0 Å². The Morgan fingerprint density at radius 1 is 1.50 bits per heavy atom. The molecule has 1 aromatic carbocycles. The largest absolute Gasteiger partial charge is 0.465 e. The van der Waals surface area contributed by atoms with Crippen molar-refractivity contribution in [3.05, 3.63) is 42.1 Å². The molecule has 14 heavy (non-hydrogen) atoms. The van der Waals surface area contributed by atoms with Crippen molar-refractivity contribution >= 4 is 16.9 Å². The number of nitrogens with zero attached hydrogens (tertiary/aromatic N) is 1. The molecule has 3 nitrogen and oxygen atoms in total. The standard InChI is InChI=1S/C11H8NO2/c1-14-11(13)9-6-7-12-10-5-3-2-4-8(9)10/h3-7H,1H3. The molecule has 1 radical (unpaired) electrons. The molecule has 2 aromatic rings. The molecule has 0 saturated carbocycles. The van der Waals surface area contributed by atoms with E-state index in [2.05, 4.69) is 15.8 Å². The van der Waals surface area contributed by atoms with Crippen molar-refractivity contribution in [1.82, 2.24) is 4.98 Å². The first-order chi connectivity index (χ1) is 6.83. The van der Waals surface area contributed by atoms with Crippen LogP contribution < -0.4 is 0 Å². The van der Waals surface area contributed by atoms with Crippen molar-refractivity contribution in [1.29, 1.82) is 0 Å². The molecule has 2 rings (SSSR count). The van der Waals surface area contributed by atoms with Crippen LogP contribution in [0.3, 0.4) is 0 Å². The number of fused-ring (bicyclic) bond motifs is 1. The van der Waals surface area contributed by atoms with Crippen LogP contribution in [0.5, 0.6) is 0 Å². The van der Waals surface area contributed by atoms with E-state index < -0.39 is 0 Å². The maximum Gasteiger partial charge on any atom is 0.338 e. The number of benzene rings is 1. The molecular weight excluding hydrogens is 178 g/mol.